The Labute approximate surface area is 186 Å². The van der Waals surface area contributed by atoms with Crippen LogP contribution in [0.25, 0.3) is 22.3 Å². The summed E-state index contributed by atoms with van der Waals surface area (Å²) in [6.07, 6.45) is 1.05. The number of carboxylic acid groups (broad SMARTS) is 1. The van der Waals surface area contributed by atoms with Crippen molar-refractivity contribution < 1.29 is 31.9 Å². The van der Waals surface area contributed by atoms with Crippen molar-refractivity contribution in [1.29, 1.82) is 0 Å². The molecule has 0 fully saturated rings. The molecule has 4 rings (SSSR count). The number of aromatic nitrogens is 1. The van der Waals surface area contributed by atoms with Crippen LogP contribution in [-0.2, 0) is 16.6 Å². The van der Waals surface area contributed by atoms with Crippen molar-refractivity contribution in [3.8, 4) is 17.1 Å². The van der Waals surface area contributed by atoms with Crippen LogP contribution >= 0.6 is 11.3 Å². The summed E-state index contributed by atoms with van der Waals surface area (Å²) in [5, 5.41) is 11.8. The zero-order valence-electron chi connectivity index (χ0n) is 16.9. The lowest BCUT2D eigenvalue weighted by Crippen LogP contribution is -2.29. The number of anilines is 1. The second-order valence-electron chi connectivity index (χ2n) is 6.89. The number of carboxylic acids is 1. The normalized spacial score (nSPS) is 11.6. The van der Waals surface area contributed by atoms with Gasteiger partial charge >= 0.3 is 5.97 Å². The summed E-state index contributed by atoms with van der Waals surface area (Å²) < 4.78 is 50.9. The van der Waals surface area contributed by atoms with Crippen molar-refractivity contribution in [2.24, 2.45) is 0 Å². The Morgan fingerprint density at radius 1 is 1.28 bits per heavy atom. The zero-order chi connectivity index (χ0) is 23.0. The highest BCUT2D eigenvalue weighted by atomic mass is 32.2. The third-order valence-electron chi connectivity index (χ3n) is 4.77. The lowest BCUT2D eigenvalue weighted by Gasteiger charge is -2.23. The van der Waals surface area contributed by atoms with Crippen molar-refractivity contribution in [2.75, 3.05) is 17.7 Å². The summed E-state index contributed by atoms with van der Waals surface area (Å²) in [4.78, 5) is 16.2. The minimum atomic E-state index is -3.75. The highest BCUT2D eigenvalue weighted by molar-refractivity contribution is 7.92. The number of furan rings is 1. The number of methoxy groups -OCH3 is 1. The first kappa shape index (κ1) is 21.8. The van der Waals surface area contributed by atoms with Gasteiger partial charge in [-0.2, -0.15) is 0 Å². The van der Waals surface area contributed by atoms with E-state index in [-0.39, 0.29) is 40.3 Å². The molecule has 8 nitrogen and oxygen atoms in total. The number of benzene rings is 2. The summed E-state index contributed by atoms with van der Waals surface area (Å²) in [5.74, 6) is -1.55. The molecule has 32 heavy (non-hydrogen) atoms. The van der Waals surface area contributed by atoms with Gasteiger partial charge in [0.05, 0.1) is 36.8 Å². The smallest absolute Gasteiger partial charge is 0.340 e. The Bertz CT molecular complexity index is 1400. The van der Waals surface area contributed by atoms with Gasteiger partial charge in [0.25, 0.3) is 0 Å². The number of aromatic carboxylic acids is 1. The van der Waals surface area contributed by atoms with Crippen molar-refractivity contribution in [1.82, 2.24) is 4.98 Å². The standard InChI is InChI=1S/C21H17FN2O6S2/c1-29-18-7-15-17(8-16(18)24(32(2,27)28)9-14-10-31-11-23-14)30-20(19(15)21(25)26)12-3-5-13(22)6-4-12/h3-8,10-11H,9H2,1-2H3,(H,25,26). The predicted octanol–water partition coefficient (Wildman–Crippen LogP) is 4.37. The van der Waals surface area contributed by atoms with E-state index in [2.05, 4.69) is 4.98 Å². The second kappa shape index (κ2) is 8.24. The maximum Gasteiger partial charge on any atom is 0.340 e. The van der Waals surface area contributed by atoms with Crippen LogP contribution in [0.5, 0.6) is 5.75 Å². The summed E-state index contributed by atoms with van der Waals surface area (Å²) in [6.45, 7) is -0.0402. The van der Waals surface area contributed by atoms with E-state index in [9.17, 15) is 22.7 Å². The van der Waals surface area contributed by atoms with Crippen LogP contribution in [0, 0.1) is 5.82 Å². The molecule has 2 aromatic carbocycles. The van der Waals surface area contributed by atoms with Crippen LogP contribution in [0.2, 0.25) is 0 Å². The zero-order valence-corrected chi connectivity index (χ0v) is 18.5. The number of hydrogen-bond donors (Lipinski definition) is 1. The van der Waals surface area contributed by atoms with Gasteiger partial charge < -0.3 is 14.3 Å². The van der Waals surface area contributed by atoms with Crippen LogP contribution in [0.4, 0.5) is 10.1 Å². The van der Waals surface area contributed by atoms with Crippen LogP contribution in [0.3, 0.4) is 0 Å². The van der Waals surface area contributed by atoms with Crippen molar-refractivity contribution in [3.05, 3.63) is 64.4 Å². The molecule has 0 aliphatic rings. The van der Waals surface area contributed by atoms with Gasteiger partial charge in [-0.15, -0.1) is 11.3 Å². The lowest BCUT2D eigenvalue weighted by atomic mass is 10.0. The van der Waals surface area contributed by atoms with E-state index in [0.717, 1.165) is 10.6 Å². The summed E-state index contributed by atoms with van der Waals surface area (Å²) in [6, 6.07) is 8.04. The first-order chi connectivity index (χ1) is 15.2. The fourth-order valence-electron chi connectivity index (χ4n) is 3.33. The molecule has 0 bridgehead atoms. The highest BCUT2D eigenvalue weighted by Crippen LogP contribution is 2.41. The topological polar surface area (TPSA) is 110 Å². The van der Waals surface area contributed by atoms with Crippen LogP contribution < -0.4 is 9.04 Å². The Kier molecular flexibility index (Phi) is 5.61. The number of fused-ring (bicyclic) bond motifs is 1. The molecule has 11 heteroatoms. The maximum absolute atomic E-state index is 13.3. The fourth-order valence-corrected chi connectivity index (χ4v) is 4.75. The monoisotopic (exact) mass is 476 g/mol. The predicted molar refractivity (Wildman–Crippen MR) is 118 cm³/mol. The van der Waals surface area contributed by atoms with E-state index in [1.807, 2.05) is 0 Å². The average molecular weight is 477 g/mol. The van der Waals surface area contributed by atoms with Crippen molar-refractivity contribution in [2.45, 2.75) is 6.54 Å². The van der Waals surface area contributed by atoms with Crippen molar-refractivity contribution >= 4 is 44.0 Å². The Balaban J connectivity index is 1.95. The van der Waals surface area contributed by atoms with Gasteiger partial charge in [0.1, 0.15) is 28.5 Å². The summed E-state index contributed by atoms with van der Waals surface area (Å²) in [5.41, 5.74) is 2.68. The van der Waals surface area contributed by atoms with Gasteiger partial charge in [-0.1, -0.05) is 0 Å². The molecular formula is C21H17FN2O6S2. The van der Waals surface area contributed by atoms with Gasteiger partial charge in [0.2, 0.25) is 10.0 Å². The number of halogens is 1. The number of carbonyl (C=O) groups is 1. The largest absolute Gasteiger partial charge is 0.495 e. The number of ether oxygens (including phenoxy) is 1. The second-order valence-corrected chi connectivity index (χ2v) is 9.51. The van der Waals surface area contributed by atoms with Gasteiger partial charge in [0.15, 0.2) is 0 Å². The summed E-state index contributed by atoms with van der Waals surface area (Å²) in [7, 11) is -2.40. The molecule has 0 atom stereocenters. The first-order valence-corrected chi connectivity index (χ1v) is 12.0. The van der Waals surface area contributed by atoms with E-state index in [1.54, 1.807) is 10.9 Å². The SMILES string of the molecule is COc1cc2c(C(=O)O)c(-c3ccc(F)cc3)oc2cc1N(Cc1cscn1)S(C)(=O)=O. The minimum Gasteiger partial charge on any atom is -0.495 e. The van der Waals surface area contributed by atoms with Crippen LogP contribution in [-0.4, -0.2) is 37.8 Å². The number of sulfonamides is 1. The Morgan fingerprint density at radius 2 is 2.00 bits per heavy atom. The van der Waals surface area contributed by atoms with E-state index < -0.39 is 21.8 Å². The van der Waals surface area contributed by atoms with Gasteiger partial charge in [-0.3, -0.25) is 4.31 Å². The molecule has 166 valence electrons. The first-order valence-electron chi connectivity index (χ1n) is 9.17. The number of hydrogen-bond acceptors (Lipinski definition) is 7. The third kappa shape index (κ3) is 4.04. The van der Waals surface area contributed by atoms with Gasteiger partial charge in [-0.25, -0.2) is 22.6 Å². The van der Waals surface area contributed by atoms with Gasteiger partial charge in [-0.05, 0) is 30.3 Å². The number of nitrogens with zero attached hydrogens (tertiary/aromatic N) is 2. The molecule has 2 aromatic heterocycles. The summed E-state index contributed by atoms with van der Waals surface area (Å²) >= 11 is 1.33. The molecular weight excluding hydrogens is 459 g/mol. The van der Waals surface area contributed by atoms with E-state index >= 15 is 0 Å². The average Bonchev–Trinajstić information content (AvgIpc) is 3.38. The molecule has 0 spiro atoms. The van der Waals surface area contributed by atoms with E-state index in [0.29, 0.717) is 11.3 Å². The number of rotatable bonds is 7. The van der Waals surface area contributed by atoms with Crippen molar-refractivity contribution in [3.63, 3.8) is 0 Å². The third-order valence-corrected chi connectivity index (χ3v) is 6.53. The molecule has 0 radical (unpaired) electrons. The molecule has 1 N–H and O–H groups in total. The lowest BCUT2D eigenvalue weighted by molar-refractivity contribution is 0.0699. The van der Waals surface area contributed by atoms with Crippen LogP contribution in [0.1, 0.15) is 16.1 Å². The van der Waals surface area contributed by atoms with Gasteiger partial charge in [0, 0.05) is 22.4 Å². The molecule has 0 amide bonds. The Morgan fingerprint density at radius 3 is 2.56 bits per heavy atom. The highest BCUT2D eigenvalue weighted by Gasteiger charge is 2.27. The fraction of sp³-hybridized carbons (Fsp3) is 0.143. The molecule has 0 saturated carbocycles. The molecule has 0 unspecified atom stereocenters. The molecule has 0 aliphatic carbocycles. The number of thiazole rings is 1. The molecule has 0 aliphatic heterocycles. The minimum absolute atomic E-state index is 0.0251. The van der Waals surface area contributed by atoms with Crippen LogP contribution in [0.15, 0.2) is 51.7 Å². The molecule has 2 heterocycles. The quantitative estimate of drug-likeness (QED) is 0.422. The Hall–Kier alpha value is -3.44. The molecule has 4 aromatic rings. The van der Waals surface area contributed by atoms with E-state index in [4.69, 9.17) is 9.15 Å². The molecule has 0 saturated heterocycles. The maximum atomic E-state index is 13.3. The van der Waals surface area contributed by atoms with E-state index in [1.165, 1.54) is 54.8 Å².